The van der Waals surface area contributed by atoms with Crippen molar-refractivity contribution >= 4 is 17.6 Å². The molecule has 1 amide bonds. The van der Waals surface area contributed by atoms with Crippen LogP contribution in [-0.2, 0) is 21.4 Å². The molecule has 0 bridgehead atoms. The maximum Gasteiger partial charge on any atom is 0.313 e. The van der Waals surface area contributed by atoms with Crippen LogP contribution >= 0.6 is 0 Å². The van der Waals surface area contributed by atoms with Crippen LogP contribution in [0.2, 0.25) is 0 Å². The molecule has 134 valence electrons. The third-order valence-corrected chi connectivity index (χ3v) is 3.99. The Morgan fingerprint density at radius 1 is 1.24 bits per heavy atom. The number of hydrogen-bond acceptors (Lipinski definition) is 5. The predicted octanol–water partition coefficient (Wildman–Crippen LogP) is 3.13. The zero-order valence-corrected chi connectivity index (χ0v) is 14.9. The van der Waals surface area contributed by atoms with Crippen molar-refractivity contribution in [3.8, 4) is 0 Å². The highest BCUT2D eigenvalue weighted by atomic mass is 16.5. The Bertz CT molecular complexity index is 748. The molecule has 0 spiro atoms. The van der Waals surface area contributed by atoms with Crippen LogP contribution in [0, 0.1) is 0 Å². The maximum absolute atomic E-state index is 12.0. The van der Waals surface area contributed by atoms with E-state index in [1.807, 2.05) is 13.8 Å². The summed E-state index contributed by atoms with van der Waals surface area (Å²) in [5, 5.41) is 15.9. The normalized spacial score (nSPS) is 11.6. The lowest BCUT2D eigenvalue weighted by Crippen LogP contribution is -2.28. The van der Waals surface area contributed by atoms with Crippen LogP contribution in [0.25, 0.3) is 0 Å². The summed E-state index contributed by atoms with van der Waals surface area (Å²) in [6, 6.07) is 6.80. The standard InChI is InChI=1S/C18H23N3O4/c1-11(2)16-20-15(25-21-16)10-9-14(22)19-13-7-5-12(6-8-13)18(3,4)17(23)24/h5-8,11H,9-10H2,1-4H3,(H,19,22)(H,23,24). The topological polar surface area (TPSA) is 105 Å². The lowest BCUT2D eigenvalue weighted by atomic mass is 9.85. The van der Waals surface area contributed by atoms with E-state index < -0.39 is 11.4 Å². The second kappa shape index (κ2) is 7.46. The first-order valence-electron chi connectivity index (χ1n) is 8.16. The van der Waals surface area contributed by atoms with Crippen LogP contribution < -0.4 is 5.32 Å². The van der Waals surface area contributed by atoms with Gasteiger partial charge in [-0.25, -0.2) is 0 Å². The zero-order chi connectivity index (χ0) is 18.6. The number of hydrogen-bond donors (Lipinski definition) is 2. The molecule has 1 aromatic carbocycles. The van der Waals surface area contributed by atoms with Gasteiger partial charge < -0.3 is 14.9 Å². The first-order valence-corrected chi connectivity index (χ1v) is 8.16. The van der Waals surface area contributed by atoms with Gasteiger partial charge in [0.15, 0.2) is 5.82 Å². The van der Waals surface area contributed by atoms with Gasteiger partial charge in [0.25, 0.3) is 0 Å². The van der Waals surface area contributed by atoms with Crippen molar-refractivity contribution in [3.05, 3.63) is 41.5 Å². The first kappa shape index (κ1) is 18.6. The number of anilines is 1. The van der Waals surface area contributed by atoms with E-state index in [0.29, 0.717) is 29.4 Å². The van der Waals surface area contributed by atoms with E-state index >= 15 is 0 Å². The van der Waals surface area contributed by atoms with E-state index in [1.165, 1.54) is 0 Å². The van der Waals surface area contributed by atoms with Gasteiger partial charge in [0.1, 0.15) is 0 Å². The van der Waals surface area contributed by atoms with Gasteiger partial charge in [0.2, 0.25) is 11.8 Å². The number of nitrogens with one attached hydrogen (secondary N) is 1. The molecule has 2 N–H and O–H groups in total. The number of rotatable bonds is 7. The molecule has 2 aromatic rings. The third kappa shape index (κ3) is 4.65. The number of carboxylic acid groups (broad SMARTS) is 1. The highest BCUT2D eigenvalue weighted by Crippen LogP contribution is 2.24. The van der Waals surface area contributed by atoms with Gasteiger partial charge in [-0.3, -0.25) is 9.59 Å². The van der Waals surface area contributed by atoms with Crippen molar-refractivity contribution in [1.29, 1.82) is 0 Å². The fourth-order valence-corrected chi connectivity index (χ4v) is 2.14. The fraction of sp³-hybridized carbons (Fsp3) is 0.444. The van der Waals surface area contributed by atoms with Crippen molar-refractivity contribution in [2.75, 3.05) is 5.32 Å². The molecule has 1 aromatic heterocycles. The average Bonchev–Trinajstić information content (AvgIpc) is 3.02. The molecule has 1 heterocycles. The Kier molecular flexibility index (Phi) is 5.56. The summed E-state index contributed by atoms with van der Waals surface area (Å²) >= 11 is 0. The molecule has 0 saturated carbocycles. The Labute approximate surface area is 146 Å². The summed E-state index contributed by atoms with van der Waals surface area (Å²) < 4.78 is 5.11. The van der Waals surface area contributed by atoms with Gasteiger partial charge in [-0.1, -0.05) is 31.1 Å². The van der Waals surface area contributed by atoms with Crippen LogP contribution in [0.3, 0.4) is 0 Å². The summed E-state index contributed by atoms with van der Waals surface area (Å²) in [4.78, 5) is 27.5. The van der Waals surface area contributed by atoms with Gasteiger partial charge in [0.05, 0.1) is 5.41 Å². The second-order valence-corrected chi connectivity index (χ2v) is 6.76. The van der Waals surface area contributed by atoms with Crippen molar-refractivity contribution in [2.45, 2.75) is 51.9 Å². The van der Waals surface area contributed by atoms with Crippen LogP contribution in [0.4, 0.5) is 5.69 Å². The number of aryl methyl sites for hydroxylation is 1. The van der Waals surface area contributed by atoms with Crippen LogP contribution in [0.1, 0.15) is 57.3 Å². The average molecular weight is 345 g/mol. The van der Waals surface area contributed by atoms with Crippen LogP contribution in [0.15, 0.2) is 28.8 Å². The number of benzene rings is 1. The molecule has 25 heavy (non-hydrogen) atoms. The van der Waals surface area contributed by atoms with Gasteiger partial charge in [-0.15, -0.1) is 0 Å². The van der Waals surface area contributed by atoms with E-state index in [0.717, 1.165) is 0 Å². The molecule has 0 atom stereocenters. The fourth-order valence-electron chi connectivity index (χ4n) is 2.14. The van der Waals surface area contributed by atoms with Crippen molar-refractivity contribution in [2.24, 2.45) is 0 Å². The van der Waals surface area contributed by atoms with Crippen LogP contribution in [-0.4, -0.2) is 27.1 Å². The summed E-state index contributed by atoms with van der Waals surface area (Å²) in [5.74, 6) is 0.184. The predicted molar refractivity (Wildman–Crippen MR) is 92.4 cm³/mol. The number of amides is 1. The highest BCUT2D eigenvalue weighted by Gasteiger charge is 2.29. The Balaban J connectivity index is 1.91. The number of carboxylic acids is 1. The molecule has 0 aliphatic carbocycles. The summed E-state index contributed by atoms with van der Waals surface area (Å²) in [5.41, 5.74) is 0.308. The minimum absolute atomic E-state index is 0.172. The minimum atomic E-state index is -0.978. The number of carbonyl (C=O) groups excluding carboxylic acids is 1. The summed E-state index contributed by atoms with van der Waals surface area (Å²) in [6.45, 7) is 7.21. The van der Waals surface area contributed by atoms with E-state index in [4.69, 9.17) is 4.52 Å². The first-order chi connectivity index (χ1) is 11.7. The summed E-state index contributed by atoms with van der Waals surface area (Å²) in [7, 11) is 0. The van der Waals surface area contributed by atoms with E-state index in [1.54, 1.807) is 38.1 Å². The number of carbonyl (C=O) groups is 2. The molecular weight excluding hydrogens is 322 g/mol. The second-order valence-electron chi connectivity index (χ2n) is 6.76. The molecular formula is C18H23N3O4. The lowest BCUT2D eigenvalue weighted by Gasteiger charge is -2.19. The Hall–Kier alpha value is -2.70. The number of nitrogens with zero attached hydrogens (tertiary/aromatic N) is 2. The molecule has 0 aliphatic heterocycles. The van der Waals surface area contributed by atoms with Gasteiger partial charge >= 0.3 is 5.97 Å². The largest absolute Gasteiger partial charge is 0.481 e. The van der Waals surface area contributed by atoms with Crippen molar-refractivity contribution in [1.82, 2.24) is 10.1 Å². The lowest BCUT2D eigenvalue weighted by molar-refractivity contribution is -0.142. The monoisotopic (exact) mass is 345 g/mol. The SMILES string of the molecule is CC(C)c1noc(CCC(=O)Nc2ccc(C(C)(C)C(=O)O)cc2)n1. The van der Waals surface area contributed by atoms with E-state index in [9.17, 15) is 14.7 Å². The number of aliphatic carboxylic acids is 1. The molecule has 0 unspecified atom stereocenters. The van der Waals surface area contributed by atoms with Crippen molar-refractivity contribution < 1.29 is 19.2 Å². The molecule has 7 heteroatoms. The Morgan fingerprint density at radius 2 is 1.88 bits per heavy atom. The van der Waals surface area contributed by atoms with Crippen LogP contribution in [0.5, 0.6) is 0 Å². The quantitative estimate of drug-likeness (QED) is 0.799. The molecule has 0 aliphatic rings. The van der Waals surface area contributed by atoms with Crippen molar-refractivity contribution in [3.63, 3.8) is 0 Å². The van der Waals surface area contributed by atoms with E-state index in [2.05, 4.69) is 15.5 Å². The maximum atomic E-state index is 12.0. The molecule has 7 nitrogen and oxygen atoms in total. The molecule has 0 saturated heterocycles. The molecule has 2 rings (SSSR count). The molecule has 0 fully saturated rings. The summed E-state index contributed by atoms with van der Waals surface area (Å²) in [6.07, 6.45) is 0.595. The zero-order valence-electron chi connectivity index (χ0n) is 14.9. The van der Waals surface area contributed by atoms with Gasteiger partial charge in [-0.05, 0) is 31.5 Å². The highest BCUT2D eigenvalue weighted by molar-refractivity contribution is 5.91. The smallest absolute Gasteiger partial charge is 0.313 e. The Morgan fingerprint density at radius 3 is 2.40 bits per heavy atom. The van der Waals surface area contributed by atoms with Gasteiger partial charge in [-0.2, -0.15) is 4.98 Å². The van der Waals surface area contributed by atoms with E-state index in [-0.39, 0.29) is 18.2 Å². The van der Waals surface area contributed by atoms with Gasteiger partial charge in [0, 0.05) is 24.4 Å². The minimum Gasteiger partial charge on any atom is -0.481 e. The third-order valence-electron chi connectivity index (χ3n) is 3.99. The molecule has 0 radical (unpaired) electrons. The number of aromatic nitrogens is 2.